The van der Waals surface area contributed by atoms with E-state index in [-0.39, 0.29) is 0 Å². The molecule has 0 aromatic heterocycles. The lowest BCUT2D eigenvalue weighted by Crippen LogP contribution is -2.30. The fraction of sp³-hybridized carbons (Fsp3) is 0.600. The second-order valence-corrected chi connectivity index (χ2v) is 5.43. The summed E-state index contributed by atoms with van der Waals surface area (Å²) in [4.78, 5) is 0. The number of hydrogen-bond acceptors (Lipinski definition) is 4. The minimum atomic E-state index is 0.351. The van der Waals surface area contributed by atoms with Gasteiger partial charge in [0.25, 0.3) is 0 Å². The zero-order chi connectivity index (χ0) is 13.2. The van der Waals surface area contributed by atoms with Crippen LogP contribution in [-0.2, 0) is 4.74 Å². The second-order valence-electron chi connectivity index (χ2n) is 5.43. The Morgan fingerprint density at radius 3 is 3.00 bits per heavy atom. The number of ether oxygens (including phenoxy) is 2. The highest BCUT2D eigenvalue weighted by atomic mass is 16.5. The molecule has 4 nitrogen and oxygen atoms in total. The SMILES string of the molecule is CCCOc1cccc(NC2CC3CCC2O3)c1N. The van der Waals surface area contributed by atoms with Crippen LogP contribution in [-0.4, -0.2) is 24.9 Å². The van der Waals surface area contributed by atoms with Gasteiger partial charge in [-0.05, 0) is 37.8 Å². The van der Waals surface area contributed by atoms with Gasteiger partial charge in [-0.25, -0.2) is 0 Å². The number of nitrogens with two attached hydrogens (primary N) is 1. The maximum absolute atomic E-state index is 6.17. The van der Waals surface area contributed by atoms with Gasteiger partial charge in [0.05, 0.1) is 36.2 Å². The molecule has 0 saturated carbocycles. The molecule has 2 saturated heterocycles. The molecule has 2 heterocycles. The molecule has 0 amide bonds. The van der Waals surface area contributed by atoms with E-state index in [4.69, 9.17) is 15.2 Å². The van der Waals surface area contributed by atoms with Crippen LogP contribution in [0.3, 0.4) is 0 Å². The number of hydrogen-bond donors (Lipinski definition) is 2. The zero-order valence-electron chi connectivity index (χ0n) is 11.4. The summed E-state index contributed by atoms with van der Waals surface area (Å²) in [6.45, 7) is 2.79. The van der Waals surface area contributed by atoms with Crippen LogP contribution >= 0.6 is 0 Å². The lowest BCUT2D eigenvalue weighted by Gasteiger charge is -2.23. The van der Waals surface area contributed by atoms with E-state index in [1.54, 1.807) is 0 Å². The van der Waals surface area contributed by atoms with Gasteiger partial charge in [-0.1, -0.05) is 13.0 Å². The number of anilines is 2. The standard InChI is InChI=1S/C15H22N2O2/c1-2-8-18-14-5-3-4-11(15(14)16)17-12-9-10-6-7-13(12)19-10/h3-5,10,12-13,17H,2,6-9,16H2,1H3. The van der Waals surface area contributed by atoms with Gasteiger partial charge < -0.3 is 20.5 Å². The molecule has 0 aliphatic carbocycles. The lowest BCUT2D eigenvalue weighted by molar-refractivity contribution is 0.102. The normalized spacial score (nSPS) is 28.6. The first-order chi connectivity index (χ1) is 9.28. The maximum atomic E-state index is 6.17. The molecular weight excluding hydrogens is 240 g/mol. The van der Waals surface area contributed by atoms with Gasteiger partial charge in [-0.15, -0.1) is 0 Å². The molecule has 2 aliphatic rings. The van der Waals surface area contributed by atoms with E-state index < -0.39 is 0 Å². The Kier molecular flexibility index (Phi) is 3.51. The molecule has 3 rings (SSSR count). The summed E-state index contributed by atoms with van der Waals surface area (Å²) in [6.07, 6.45) is 5.24. The summed E-state index contributed by atoms with van der Waals surface area (Å²) in [5, 5.41) is 3.53. The smallest absolute Gasteiger partial charge is 0.144 e. The van der Waals surface area contributed by atoms with Crippen molar-refractivity contribution in [2.75, 3.05) is 17.7 Å². The largest absolute Gasteiger partial charge is 0.491 e. The van der Waals surface area contributed by atoms with E-state index in [1.165, 1.54) is 6.42 Å². The fourth-order valence-electron chi connectivity index (χ4n) is 3.00. The Hall–Kier alpha value is -1.42. The van der Waals surface area contributed by atoms with Crippen LogP contribution in [0.2, 0.25) is 0 Å². The van der Waals surface area contributed by atoms with Gasteiger partial charge in [-0.2, -0.15) is 0 Å². The predicted molar refractivity (Wildman–Crippen MR) is 76.6 cm³/mol. The van der Waals surface area contributed by atoms with Crippen molar-refractivity contribution in [1.29, 1.82) is 0 Å². The first-order valence-electron chi connectivity index (χ1n) is 7.21. The number of nitrogens with one attached hydrogen (secondary N) is 1. The van der Waals surface area contributed by atoms with Crippen molar-refractivity contribution in [1.82, 2.24) is 0 Å². The number of fused-ring (bicyclic) bond motifs is 2. The molecule has 3 N–H and O–H groups in total. The monoisotopic (exact) mass is 262 g/mol. The molecule has 1 aromatic rings. The molecule has 2 bridgehead atoms. The Labute approximate surface area is 114 Å². The molecule has 104 valence electrons. The molecule has 19 heavy (non-hydrogen) atoms. The molecule has 4 heteroatoms. The number of benzene rings is 1. The van der Waals surface area contributed by atoms with Crippen molar-refractivity contribution in [3.8, 4) is 5.75 Å². The maximum Gasteiger partial charge on any atom is 0.144 e. The summed E-state index contributed by atoms with van der Waals surface area (Å²) in [5.74, 6) is 0.774. The van der Waals surface area contributed by atoms with E-state index >= 15 is 0 Å². The van der Waals surface area contributed by atoms with Crippen LogP contribution in [0.25, 0.3) is 0 Å². The highest BCUT2D eigenvalue weighted by Crippen LogP contribution is 2.38. The summed E-state index contributed by atoms with van der Waals surface area (Å²) in [6, 6.07) is 6.31. The Balaban J connectivity index is 1.70. The molecule has 0 radical (unpaired) electrons. The molecular formula is C15H22N2O2. The summed E-state index contributed by atoms with van der Waals surface area (Å²) in [5.41, 5.74) is 7.85. The first-order valence-corrected chi connectivity index (χ1v) is 7.21. The van der Waals surface area contributed by atoms with Crippen molar-refractivity contribution in [3.05, 3.63) is 18.2 Å². The van der Waals surface area contributed by atoms with Crippen molar-refractivity contribution in [2.45, 2.75) is 50.9 Å². The molecule has 3 unspecified atom stereocenters. The van der Waals surface area contributed by atoms with Gasteiger partial charge in [-0.3, -0.25) is 0 Å². The minimum absolute atomic E-state index is 0.351. The van der Waals surface area contributed by atoms with Crippen LogP contribution in [0.4, 0.5) is 11.4 Å². The highest BCUT2D eigenvalue weighted by Gasteiger charge is 2.40. The quantitative estimate of drug-likeness (QED) is 0.801. The van der Waals surface area contributed by atoms with E-state index in [9.17, 15) is 0 Å². The van der Waals surface area contributed by atoms with Gasteiger partial charge in [0.2, 0.25) is 0 Å². The minimum Gasteiger partial charge on any atom is -0.491 e. The van der Waals surface area contributed by atoms with E-state index in [1.807, 2.05) is 18.2 Å². The Morgan fingerprint density at radius 2 is 2.32 bits per heavy atom. The third-order valence-electron chi connectivity index (χ3n) is 3.97. The van der Waals surface area contributed by atoms with E-state index in [2.05, 4.69) is 12.2 Å². The van der Waals surface area contributed by atoms with Crippen LogP contribution in [0, 0.1) is 0 Å². The van der Waals surface area contributed by atoms with Gasteiger partial charge >= 0.3 is 0 Å². The third-order valence-corrected chi connectivity index (χ3v) is 3.97. The van der Waals surface area contributed by atoms with Crippen LogP contribution < -0.4 is 15.8 Å². The third kappa shape index (κ3) is 2.50. The number of nitrogen functional groups attached to an aromatic ring is 1. The summed E-state index contributed by atoms with van der Waals surface area (Å²) in [7, 11) is 0. The Bertz CT molecular complexity index is 450. The average Bonchev–Trinajstić information content (AvgIpc) is 3.02. The predicted octanol–water partition coefficient (Wildman–Crippen LogP) is 2.79. The Morgan fingerprint density at radius 1 is 1.42 bits per heavy atom. The zero-order valence-corrected chi connectivity index (χ0v) is 11.4. The van der Waals surface area contributed by atoms with Crippen molar-refractivity contribution in [3.63, 3.8) is 0 Å². The second kappa shape index (κ2) is 5.29. The van der Waals surface area contributed by atoms with Gasteiger partial charge in [0.1, 0.15) is 5.75 Å². The van der Waals surface area contributed by atoms with E-state index in [0.717, 1.165) is 30.7 Å². The van der Waals surface area contributed by atoms with Crippen molar-refractivity contribution < 1.29 is 9.47 Å². The van der Waals surface area contributed by atoms with Gasteiger partial charge in [0, 0.05) is 0 Å². The number of rotatable bonds is 5. The lowest BCUT2D eigenvalue weighted by atomic mass is 9.95. The summed E-state index contributed by atoms with van der Waals surface area (Å²) < 4.78 is 11.5. The van der Waals surface area contributed by atoms with Crippen molar-refractivity contribution >= 4 is 11.4 Å². The fourth-order valence-corrected chi connectivity index (χ4v) is 3.00. The van der Waals surface area contributed by atoms with Crippen LogP contribution in [0.1, 0.15) is 32.6 Å². The van der Waals surface area contributed by atoms with Crippen LogP contribution in [0.15, 0.2) is 18.2 Å². The molecule has 2 aliphatic heterocycles. The first kappa shape index (κ1) is 12.6. The molecule has 3 atom stereocenters. The average molecular weight is 262 g/mol. The summed E-state index contributed by atoms with van der Waals surface area (Å²) >= 11 is 0. The van der Waals surface area contributed by atoms with E-state index in [0.29, 0.717) is 30.5 Å². The molecule has 2 fully saturated rings. The highest BCUT2D eigenvalue weighted by molar-refractivity contribution is 5.73. The van der Waals surface area contributed by atoms with Gasteiger partial charge in [0.15, 0.2) is 0 Å². The molecule has 0 spiro atoms. The molecule has 1 aromatic carbocycles. The van der Waals surface area contributed by atoms with Crippen molar-refractivity contribution in [2.24, 2.45) is 0 Å². The number of para-hydroxylation sites is 1. The van der Waals surface area contributed by atoms with Crippen LogP contribution in [0.5, 0.6) is 5.75 Å². The topological polar surface area (TPSA) is 56.5 Å².